The van der Waals surface area contributed by atoms with Crippen molar-refractivity contribution in [3.8, 4) is 5.75 Å². The molecule has 8 nitrogen and oxygen atoms in total. The number of rotatable bonds is 4. The predicted octanol–water partition coefficient (Wildman–Crippen LogP) is 3.48. The summed E-state index contributed by atoms with van der Waals surface area (Å²) in [6, 6.07) is 6.18. The van der Waals surface area contributed by atoms with E-state index in [0.29, 0.717) is 24.3 Å². The highest BCUT2D eigenvalue weighted by Gasteiger charge is 2.53. The van der Waals surface area contributed by atoms with Gasteiger partial charge >= 0.3 is 0 Å². The van der Waals surface area contributed by atoms with E-state index in [1.807, 2.05) is 35.0 Å². The number of pyridine rings is 1. The second-order valence-electron chi connectivity index (χ2n) is 9.36. The Hall–Kier alpha value is -3.13. The second-order valence-corrected chi connectivity index (χ2v) is 9.36. The highest BCUT2D eigenvalue weighted by molar-refractivity contribution is 5.86. The molecule has 1 aliphatic carbocycles. The molecule has 0 unspecified atom stereocenters. The number of nitrogen functional groups attached to an aromatic ring is 1. The quantitative estimate of drug-likeness (QED) is 0.545. The third kappa shape index (κ3) is 3.05. The van der Waals surface area contributed by atoms with Crippen LogP contribution in [0.25, 0.3) is 16.7 Å². The van der Waals surface area contributed by atoms with Crippen LogP contribution in [0.1, 0.15) is 32.7 Å². The summed E-state index contributed by atoms with van der Waals surface area (Å²) < 4.78 is 17.0. The molecule has 31 heavy (non-hydrogen) atoms. The van der Waals surface area contributed by atoms with Crippen LogP contribution in [0.15, 0.2) is 49.3 Å². The van der Waals surface area contributed by atoms with E-state index in [2.05, 4.69) is 39.6 Å². The Morgan fingerprint density at radius 2 is 2.10 bits per heavy atom. The lowest BCUT2D eigenvalue weighted by atomic mass is 9.88. The van der Waals surface area contributed by atoms with Crippen molar-refractivity contribution < 1.29 is 9.47 Å². The zero-order valence-electron chi connectivity index (χ0n) is 17.7. The summed E-state index contributed by atoms with van der Waals surface area (Å²) in [7, 11) is 0. The molecule has 4 aromatic rings. The Kier molecular flexibility index (Phi) is 4.02. The summed E-state index contributed by atoms with van der Waals surface area (Å²) in [6.45, 7) is 5.02. The number of anilines is 1. The average molecular weight is 419 g/mol. The molecule has 8 heteroatoms. The molecule has 2 fully saturated rings. The molecule has 4 aromatic heterocycles. The SMILES string of the molecule is CC1(C)C[C@@H]2[C@@H](COc3ccn4ccnc4c3)C[C@@H](n3ccc4c(N)ncnc43)[C@@H]2O1. The fourth-order valence-electron chi connectivity index (χ4n) is 5.51. The molecule has 4 atom stereocenters. The van der Waals surface area contributed by atoms with E-state index in [-0.39, 0.29) is 17.7 Å². The van der Waals surface area contributed by atoms with E-state index < -0.39 is 0 Å². The summed E-state index contributed by atoms with van der Waals surface area (Å²) >= 11 is 0. The smallest absolute Gasteiger partial charge is 0.145 e. The molecule has 0 bridgehead atoms. The van der Waals surface area contributed by atoms with Crippen molar-refractivity contribution in [1.29, 1.82) is 0 Å². The minimum Gasteiger partial charge on any atom is -0.493 e. The molecule has 1 saturated carbocycles. The molecular formula is C23H26N6O2. The molecule has 0 spiro atoms. The van der Waals surface area contributed by atoms with Crippen LogP contribution in [-0.2, 0) is 4.74 Å². The topological polar surface area (TPSA) is 92.5 Å². The molecule has 0 aromatic carbocycles. The average Bonchev–Trinajstić information content (AvgIpc) is 3.49. The normalized spacial score (nSPS) is 27.2. The predicted molar refractivity (Wildman–Crippen MR) is 117 cm³/mol. The zero-order valence-corrected chi connectivity index (χ0v) is 17.7. The van der Waals surface area contributed by atoms with Gasteiger partial charge in [-0.25, -0.2) is 15.0 Å². The van der Waals surface area contributed by atoms with Crippen molar-refractivity contribution in [2.45, 2.75) is 44.4 Å². The molecule has 2 N–H and O–H groups in total. The minimum atomic E-state index is -0.141. The second kappa shape index (κ2) is 6.68. The van der Waals surface area contributed by atoms with Crippen LogP contribution in [-0.4, -0.2) is 42.2 Å². The van der Waals surface area contributed by atoms with Gasteiger partial charge in [-0.15, -0.1) is 0 Å². The maximum absolute atomic E-state index is 6.55. The lowest BCUT2D eigenvalue weighted by Gasteiger charge is -2.25. The number of imidazole rings is 1. The third-order valence-corrected chi connectivity index (χ3v) is 6.86. The Morgan fingerprint density at radius 1 is 1.19 bits per heavy atom. The van der Waals surface area contributed by atoms with Crippen molar-refractivity contribution >= 4 is 22.5 Å². The van der Waals surface area contributed by atoms with Gasteiger partial charge in [0.15, 0.2) is 0 Å². The Labute approximate surface area is 180 Å². The first-order valence-electron chi connectivity index (χ1n) is 10.8. The minimum absolute atomic E-state index is 0.130. The molecular weight excluding hydrogens is 392 g/mol. The monoisotopic (exact) mass is 418 g/mol. The van der Waals surface area contributed by atoms with Crippen molar-refractivity contribution in [3.05, 3.63) is 49.3 Å². The van der Waals surface area contributed by atoms with Gasteiger partial charge in [0.25, 0.3) is 0 Å². The fraction of sp³-hybridized carbons (Fsp3) is 0.435. The molecule has 0 radical (unpaired) electrons. The highest BCUT2D eigenvalue weighted by atomic mass is 16.5. The number of fused-ring (bicyclic) bond motifs is 3. The lowest BCUT2D eigenvalue weighted by Crippen LogP contribution is -2.26. The lowest BCUT2D eigenvalue weighted by molar-refractivity contribution is -0.0346. The van der Waals surface area contributed by atoms with E-state index in [9.17, 15) is 0 Å². The molecule has 1 aliphatic heterocycles. The van der Waals surface area contributed by atoms with E-state index in [0.717, 1.165) is 35.3 Å². The molecule has 0 amide bonds. The Morgan fingerprint density at radius 3 is 3.00 bits per heavy atom. The fourth-order valence-corrected chi connectivity index (χ4v) is 5.51. The van der Waals surface area contributed by atoms with E-state index in [1.54, 1.807) is 6.20 Å². The molecule has 5 heterocycles. The van der Waals surface area contributed by atoms with Crippen LogP contribution in [0.3, 0.4) is 0 Å². The van der Waals surface area contributed by atoms with Gasteiger partial charge in [-0.05, 0) is 44.7 Å². The van der Waals surface area contributed by atoms with Crippen LogP contribution in [0.5, 0.6) is 5.75 Å². The van der Waals surface area contributed by atoms with Gasteiger partial charge < -0.3 is 24.2 Å². The summed E-state index contributed by atoms with van der Waals surface area (Å²) in [5.74, 6) is 2.19. The van der Waals surface area contributed by atoms with Crippen LogP contribution >= 0.6 is 0 Å². The summed E-state index contributed by atoms with van der Waals surface area (Å²) in [5.41, 5.74) is 7.69. The van der Waals surface area contributed by atoms with Gasteiger partial charge in [-0.1, -0.05) is 0 Å². The first-order valence-corrected chi connectivity index (χ1v) is 10.8. The Balaban J connectivity index is 1.28. The summed E-state index contributed by atoms with van der Waals surface area (Å²) in [4.78, 5) is 13.0. The van der Waals surface area contributed by atoms with Crippen LogP contribution in [0.4, 0.5) is 5.82 Å². The summed E-state index contributed by atoms with van der Waals surface area (Å²) in [6.07, 6.45) is 11.4. The molecule has 1 saturated heterocycles. The number of aromatic nitrogens is 5. The van der Waals surface area contributed by atoms with Gasteiger partial charge in [0.2, 0.25) is 0 Å². The molecule has 6 rings (SSSR count). The van der Waals surface area contributed by atoms with Gasteiger partial charge in [0.05, 0.1) is 29.7 Å². The van der Waals surface area contributed by atoms with Gasteiger partial charge in [0, 0.05) is 36.8 Å². The zero-order chi connectivity index (χ0) is 21.2. The van der Waals surface area contributed by atoms with Crippen molar-refractivity contribution in [2.24, 2.45) is 11.8 Å². The third-order valence-electron chi connectivity index (χ3n) is 6.86. The summed E-state index contributed by atoms with van der Waals surface area (Å²) in [5, 5.41) is 0.893. The van der Waals surface area contributed by atoms with Gasteiger partial charge in [-0.3, -0.25) is 0 Å². The largest absolute Gasteiger partial charge is 0.493 e. The van der Waals surface area contributed by atoms with E-state index in [4.69, 9.17) is 15.2 Å². The van der Waals surface area contributed by atoms with Gasteiger partial charge in [-0.2, -0.15) is 0 Å². The van der Waals surface area contributed by atoms with Crippen LogP contribution in [0, 0.1) is 11.8 Å². The first-order chi connectivity index (χ1) is 15.0. The Bertz CT molecular complexity index is 1260. The standard InChI is InChI=1S/C23H26N6O2/c1-23(2)11-17-14(12-30-15-3-6-28-8-5-25-19(28)10-15)9-18(20(17)31-23)29-7-4-16-21(24)26-13-27-22(16)29/h3-8,10,13-14,17-18,20H,9,11-12H2,1-2H3,(H2,24,26,27)/t14-,17-,18-,20-/m1/s1. The van der Waals surface area contributed by atoms with Crippen molar-refractivity contribution in [3.63, 3.8) is 0 Å². The maximum Gasteiger partial charge on any atom is 0.145 e. The molecule has 160 valence electrons. The van der Waals surface area contributed by atoms with E-state index >= 15 is 0 Å². The molecule has 2 aliphatic rings. The number of nitrogens with two attached hydrogens (primary N) is 1. The number of nitrogens with zero attached hydrogens (tertiary/aromatic N) is 5. The first kappa shape index (κ1) is 18.6. The van der Waals surface area contributed by atoms with E-state index in [1.165, 1.54) is 6.33 Å². The maximum atomic E-state index is 6.55. The number of ether oxygens (including phenoxy) is 2. The number of hydrogen-bond acceptors (Lipinski definition) is 6. The van der Waals surface area contributed by atoms with Crippen molar-refractivity contribution in [1.82, 2.24) is 23.9 Å². The highest BCUT2D eigenvalue weighted by Crippen LogP contribution is 2.52. The number of hydrogen-bond donors (Lipinski definition) is 1. The van der Waals surface area contributed by atoms with Crippen LogP contribution in [0.2, 0.25) is 0 Å². The van der Waals surface area contributed by atoms with Crippen LogP contribution < -0.4 is 10.5 Å². The van der Waals surface area contributed by atoms with Gasteiger partial charge in [0.1, 0.15) is 29.2 Å². The van der Waals surface area contributed by atoms with Crippen molar-refractivity contribution in [2.75, 3.05) is 12.3 Å².